The second-order valence-electron chi connectivity index (χ2n) is 6.28. The van der Waals surface area contributed by atoms with Crippen LogP contribution in [-0.4, -0.2) is 15.5 Å². The molecule has 0 bridgehead atoms. The quantitative estimate of drug-likeness (QED) is 0.918. The lowest BCUT2D eigenvalue weighted by atomic mass is 10.1. The molecule has 0 aliphatic carbocycles. The highest BCUT2D eigenvalue weighted by molar-refractivity contribution is 6.33. The molecule has 0 saturated heterocycles. The molecule has 3 nitrogen and oxygen atoms in total. The van der Waals surface area contributed by atoms with E-state index < -0.39 is 0 Å². The number of halogens is 1. The van der Waals surface area contributed by atoms with E-state index in [2.05, 4.69) is 36.1 Å². The smallest absolute Gasteiger partial charge is 0.161 e. The third-order valence-electron chi connectivity index (χ3n) is 3.33. The van der Waals surface area contributed by atoms with Crippen molar-refractivity contribution in [2.75, 3.05) is 0 Å². The topological polar surface area (TPSA) is 37.8 Å². The van der Waals surface area contributed by atoms with Gasteiger partial charge in [-0.15, -0.1) is 0 Å². The van der Waals surface area contributed by atoms with Gasteiger partial charge in [0, 0.05) is 34.6 Å². The number of aromatic nitrogens is 2. The fourth-order valence-electron chi connectivity index (χ4n) is 2.11. The largest absolute Gasteiger partial charge is 0.308 e. The third-order valence-corrected chi connectivity index (χ3v) is 3.66. The molecule has 2 aromatic rings. The summed E-state index contributed by atoms with van der Waals surface area (Å²) in [4.78, 5) is 9.26. The Bertz CT molecular complexity index is 622. The second-order valence-corrected chi connectivity index (χ2v) is 6.69. The number of hydrogen-bond acceptors (Lipinski definition) is 3. The summed E-state index contributed by atoms with van der Waals surface area (Å²) in [5.74, 6) is 0.690. The normalized spacial score (nSPS) is 11.7. The van der Waals surface area contributed by atoms with Gasteiger partial charge in [0.05, 0.1) is 5.02 Å². The van der Waals surface area contributed by atoms with Crippen LogP contribution in [0.25, 0.3) is 11.4 Å². The summed E-state index contributed by atoms with van der Waals surface area (Å²) in [7, 11) is 0. The van der Waals surface area contributed by atoms with Gasteiger partial charge in [-0.2, -0.15) is 0 Å². The van der Waals surface area contributed by atoms with Crippen molar-refractivity contribution in [2.45, 2.75) is 46.7 Å². The highest BCUT2D eigenvalue weighted by atomic mass is 35.5. The fraction of sp³-hybridized carbons (Fsp3) is 0.412. The molecule has 21 heavy (non-hydrogen) atoms. The Labute approximate surface area is 131 Å². The predicted octanol–water partition coefficient (Wildman–Crippen LogP) is 4.30. The molecule has 0 unspecified atom stereocenters. The lowest BCUT2D eigenvalue weighted by Gasteiger charge is -2.22. The molecule has 0 spiro atoms. The number of benzene rings is 1. The van der Waals surface area contributed by atoms with Gasteiger partial charge in [0.2, 0.25) is 0 Å². The van der Waals surface area contributed by atoms with Crippen LogP contribution in [0.1, 0.15) is 37.7 Å². The second kappa shape index (κ2) is 6.12. The summed E-state index contributed by atoms with van der Waals surface area (Å²) in [5.41, 5.74) is 4.09. The van der Waals surface area contributed by atoms with E-state index in [9.17, 15) is 0 Å². The Balaban J connectivity index is 2.36. The van der Waals surface area contributed by atoms with Gasteiger partial charge in [0.1, 0.15) is 0 Å². The van der Waals surface area contributed by atoms with Crippen LogP contribution < -0.4 is 5.32 Å². The first kappa shape index (κ1) is 15.9. The first-order chi connectivity index (χ1) is 9.78. The highest BCUT2D eigenvalue weighted by Crippen LogP contribution is 2.26. The van der Waals surface area contributed by atoms with Crippen LogP contribution in [0, 0.1) is 13.8 Å². The lowest BCUT2D eigenvalue weighted by molar-refractivity contribution is 0.422. The Morgan fingerprint density at radius 1 is 1.05 bits per heavy atom. The number of hydrogen-bond donors (Lipinski definition) is 1. The Hall–Kier alpha value is -1.45. The van der Waals surface area contributed by atoms with Gasteiger partial charge in [-0.3, -0.25) is 0 Å². The van der Waals surface area contributed by atoms with Gasteiger partial charge in [-0.1, -0.05) is 23.7 Å². The summed E-state index contributed by atoms with van der Waals surface area (Å²) >= 11 is 6.23. The van der Waals surface area contributed by atoms with Crippen LogP contribution in [0.2, 0.25) is 5.02 Å². The van der Waals surface area contributed by atoms with E-state index >= 15 is 0 Å². The molecular weight excluding hydrogens is 282 g/mol. The maximum atomic E-state index is 6.23. The molecule has 2 rings (SSSR count). The summed E-state index contributed by atoms with van der Waals surface area (Å²) in [6.45, 7) is 11.3. The first-order valence-electron chi connectivity index (χ1n) is 7.12. The van der Waals surface area contributed by atoms with Crippen molar-refractivity contribution in [3.05, 3.63) is 46.2 Å². The van der Waals surface area contributed by atoms with Crippen molar-refractivity contribution in [3.63, 3.8) is 0 Å². The average Bonchev–Trinajstić information content (AvgIpc) is 2.36. The molecule has 1 N–H and O–H groups in total. The zero-order valence-corrected chi connectivity index (χ0v) is 14.0. The minimum absolute atomic E-state index is 0.0697. The molecule has 1 aromatic carbocycles. The summed E-state index contributed by atoms with van der Waals surface area (Å²) < 4.78 is 0. The molecule has 0 fully saturated rings. The maximum absolute atomic E-state index is 6.23. The van der Waals surface area contributed by atoms with Crippen LogP contribution in [-0.2, 0) is 6.54 Å². The van der Waals surface area contributed by atoms with Gasteiger partial charge < -0.3 is 5.32 Å². The summed E-state index contributed by atoms with van der Waals surface area (Å²) in [5, 5.41) is 4.16. The van der Waals surface area contributed by atoms with Crippen molar-refractivity contribution in [1.29, 1.82) is 0 Å². The molecule has 0 amide bonds. The summed E-state index contributed by atoms with van der Waals surface area (Å²) in [6.07, 6.45) is 0. The van der Waals surface area contributed by atoms with Crippen molar-refractivity contribution in [3.8, 4) is 11.4 Å². The molecule has 0 atom stereocenters. The molecule has 112 valence electrons. The standard InChI is InChI=1S/C17H22ClN3/c1-11-14(10-19-17(3,4)5)12(2)21-16(20-11)13-8-6-7-9-15(13)18/h6-9,19H,10H2,1-5H3. The van der Waals surface area contributed by atoms with E-state index in [4.69, 9.17) is 11.6 Å². The first-order valence-corrected chi connectivity index (χ1v) is 7.50. The number of rotatable bonds is 3. The molecule has 0 aliphatic rings. The zero-order chi connectivity index (χ0) is 15.6. The predicted molar refractivity (Wildman–Crippen MR) is 88.5 cm³/mol. The highest BCUT2D eigenvalue weighted by Gasteiger charge is 2.14. The van der Waals surface area contributed by atoms with Gasteiger partial charge >= 0.3 is 0 Å². The van der Waals surface area contributed by atoms with Crippen LogP contribution in [0.4, 0.5) is 0 Å². The van der Waals surface area contributed by atoms with Gasteiger partial charge in [0.25, 0.3) is 0 Å². The van der Waals surface area contributed by atoms with E-state index in [-0.39, 0.29) is 5.54 Å². The third kappa shape index (κ3) is 4.02. The van der Waals surface area contributed by atoms with Crippen LogP contribution in [0.15, 0.2) is 24.3 Å². The van der Waals surface area contributed by atoms with Crippen molar-refractivity contribution in [1.82, 2.24) is 15.3 Å². The van der Waals surface area contributed by atoms with Gasteiger partial charge in [-0.05, 0) is 46.8 Å². The average molecular weight is 304 g/mol. The molecule has 1 aromatic heterocycles. The molecular formula is C17H22ClN3. The SMILES string of the molecule is Cc1nc(-c2ccccc2Cl)nc(C)c1CNC(C)(C)C. The van der Waals surface area contributed by atoms with Crippen LogP contribution >= 0.6 is 11.6 Å². The van der Waals surface area contributed by atoms with Crippen LogP contribution in [0.3, 0.4) is 0 Å². The summed E-state index contributed by atoms with van der Waals surface area (Å²) in [6, 6.07) is 7.67. The molecule has 1 heterocycles. The van der Waals surface area contributed by atoms with E-state index in [1.54, 1.807) is 0 Å². The van der Waals surface area contributed by atoms with E-state index in [0.717, 1.165) is 29.1 Å². The fourth-order valence-corrected chi connectivity index (χ4v) is 2.33. The number of nitrogens with one attached hydrogen (secondary N) is 1. The molecule has 0 radical (unpaired) electrons. The molecule has 0 saturated carbocycles. The van der Waals surface area contributed by atoms with Crippen molar-refractivity contribution >= 4 is 11.6 Å². The van der Waals surface area contributed by atoms with Gasteiger partial charge in [0.15, 0.2) is 5.82 Å². The minimum atomic E-state index is 0.0697. The number of nitrogens with zero attached hydrogens (tertiary/aromatic N) is 2. The van der Waals surface area contributed by atoms with Crippen LogP contribution in [0.5, 0.6) is 0 Å². The van der Waals surface area contributed by atoms with Crippen molar-refractivity contribution < 1.29 is 0 Å². The monoisotopic (exact) mass is 303 g/mol. The Morgan fingerprint density at radius 3 is 2.14 bits per heavy atom. The Morgan fingerprint density at radius 2 is 1.62 bits per heavy atom. The van der Waals surface area contributed by atoms with E-state index in [0.29, 0.717) is 10.8 Å². The lowest BCUT2D eigenvalue weighted by Crippen LogP contribution is -2.35. The maximum Gasteiger partial charge on any atom is 0.161 e. The zero-order valence-electron chi connectivity index (χ0n) is 13.3. The molecule has 4 heteroatoms. The van der Waals surface area contributed by atoms with Crippen molar-refractivity contribution in [2.24, 2.45) is 0 Å². The minimum Gasteiger partial charge on any atom is -0.308 e. The molecule has 0 aliphatic heterocycles. The van der Waals surface area contributed by atoms with E-state index in [1.807, 2.05) is 38.1 Å². The number of aryl methyl sites for hydroxylation is 2. The van der Waals surface area contributed by atoms with Gasteiger partial charge in [-0.25, -0.2) is 9.97 Å². The van der Waals surface area contributed by atoms with E-state index in [1.165, 1.54) is 0 Å². The Kier molecular flexibility index (Phi) is 4.64.